The van der Waals surface area contributed by atoms with E-state index in [1.807, 2.05) is 17.6 Å². The zero-order chi connectivity index (χ0) is 18.3. The summed E-state index contributed by atoms with van der Waals surface area (Å²) in [6, 6.07) is 4.04. The molecular formula is C17H24F2N4O2. The van der Waals surface area contributed by atoms with Gasteiger partial charge in [0.15, 0.2) is 0 Å². The number of alkyl halides is 2. The van der Waals surface area contributed by atoms with Gasteiger partial charge in [-0.05, 0) is 26.0 Å². The lowest BCUT2D eigenvalue weighted by molar-refractivity contribution is -0.110. The summed E-state index contributed by atoms with van der Waals surface area (Å²) in [6.45, 7) is 8.11. The Hall–Kier alpha value is -2.06. The number of hydrogen-bond acceptors (Lipinski definition) is 5. The Kier molecular flexibility index (Phi) is 6.83. The third-order valence-corrected chi connectivity index (χ3v) is 4.18. The number of hydrogen-bond donors (Lipinski definition) is 2. The predicted molar refractivity (Wildman–Crippen MR) is 91.5 cm³/mol. The van der Waals surface area contributed by atoms with Crippen molar-refractivity contribution in [3.8, 4) is 0 Å². The molecule has 1 aliphatic rings. The van der Waals surface area contributed by atoms with E-state index in [0.29, 0.717) is 0 Å². The normalized spacial score (nSPS) is 15.7. The van der Waals surface area contributed by atoms with E-state index in [4.69, 9.17) is 4.42 Å². The molecule has 6 nitrogen and oxygen atoms in total. The molecule has 138 valence electrons. The molecule has 3 rings (SSSR count). The summed E-state index contributed by atoms with van der Waals surface area (Å²) >= 11 is 0. The maximum absolute atomic E-state index is 11.0. The second-order valence-electron chi connectivity index (χ2n) is 6.24. The van der Waals surface area contributed by atoms with Crippen LogP contribution in [0.25, 0.3) is 11.0 Å². The van der Waals surface area contributed by atoms with Crippen LogP contribution in [0.2, 0.25) is 0 Å². The number of fused-ring (bicyclic) bond motifs is 1. The monoisotopic (exact) mass is 354 g/mol. The second-order valence-corrected chi connectivity index (χ2v) is 6.24. The third-order valence-electron chi connectivity index (χ3n) is 4.18. The molecule has 0 aromatic carbocycles. The molecule has 0 radical (unpaired) electrons. The van der Waals surface area contributed by atoms with Gasteiger partial charge in [-0.1, -0.05) is 0 Å². The number of aromatic nitrogens is 1. The fourth-order valence-electron chi connectivity index (χ4n) is 2.70. The van der Waals surface area contributed by atoms with E-state index >= 15 is 0 Å². The molecule has 1 saturated heterocycles. The van der Waals surface area contributed by atoms with Crippen LogP contribution in [0.15, 0.2) is 28.9 Å². The fraction of sp³-hybridized carbons (Fsp3) is 0.529. The first-order valence-electron chi connectivity index (χ1n) is 8.20. The van der Waals surface area contributed by atoms with Gasteiger partial charge in [-0.2, -0.15) is 0 Å². The number of rotatable bonds is 5. The minimum Gasteiger partial charge on any atom is -0.459 e. The molecule has 2 N–H and O–H groups in total. The number of carbonyl (C=O) groups excluding carboxylic acids is 1. The molecule has 2 aromatic heterocycles. The lowest BCUT2D eigenvalue weighted by Gasteiger charge is -2.39. The lowest BCUT2D eigenvalue weighted by Crippen LogP contribution is -2.51. The van der Waals surface area contributed by atoms with Crippen LogP contribution < -0.4 is 10.6 Å². The smallest absolute Gasteiger partial charge is 0.255 e. The molecule has 1 amide bonds. The van der Waals surface area contributed by atoms with Crippen LogP contribution in [0.4, 0.5) is 8.78 Å². The zero-order valence-electron chi connectivity index (χ0n) is 14.5. The van der Waals surface area contributed by atoms with Crippen molar-refractivity contribution in [2.45, 2.75) is 25.8 Å². The molecule has 8 heteroatoms. The molecule has 0 bridgehead atoms. The first-order valence-corrected chi connectivity index (χ1v) is 8.20. The van der Waals surface area contributed by atoms with Crippen molar-refractivity contribution < 1.29 is 18.0 Å². The number of carbonyl (C=O) groups is 1. The zero-order valence-corrected chi connectivity index (χ0v) is 14.5. The van der Waals surface area contributed by atoms with E-state index in [0.717, 1.165) is 42.9 Å². The highest BCUT2D eigenvalue weighted by atomic mass is 19.3. The molecule has 1 aliphatic heterocycles. The number of piperazine rings is 1. The highest BCUT2D eigenvalue weighted by molar-refractivity contribution is 5.76. The largest absolute Gasteiger partial charge is 0.459 e. The van der Waals surface area contributed by atoms with Crippen LogP contribution in [0.5, 0.6) is 0 Å². The maximum Gasteiger partial charge on any atom is 0.255 e. The van der Waals surface area contributed by atoms with Crippen LogP contribution in [-0.2, 0) is 10.3 Å². The number of nitrogens with one attached hydrogen (secondary N) is 2. The Morgan fingerprint density at radius 3 is 2.72 bits per heavy atom. The van der Waals surface area contributed by atoms with Crippen molar-refractivity contribution in [3.63, 3.8) is 0 Å². The van der Waals surface area contributed by atoms with E-state index < -0.39 is 13.0 Å². The van der Waals surface area contributed by atoms with Gasteiger partial charge in [0.1, 0.15) is 11.3 Å². The van der Waals surface area contributed by atoms with Gasteiger partial charge in [0.25, 0.3) is 6.43 Å². The Morgan fingerprint density at radius 2 is 2.16 bits per heavy atom. The van der Waals surface area contributed by atoms with E-state index in [-0.39, 0.29) is 11.9 Å². The Bertz CT molecular complexity index is 636. The average molecular weight is 354 g/mol. The highest BCUT2D eigenvalue weighted by Gasteiger charge is 2.32. The topological polar surface area (TPSA) is 70.4 Å². The molecular weight excluding hydrogens is 330 g/mol. The van der Waals surface area contributed by atoms with Gasteiger partial charge in [0, 0.05) is 44.0 Å². The maximum atomic E-state index is 11.0. The molecule has 0 atom stereocenters. The van der Waals surface area contributed by atoms with Crippen LogP contribution in [0, 0.1) is 0 Å². The second kappa shape index (κ2) is 8.87. The number of halogens is 2. The standard InChI is InChI=1S/C14H19N3O.C3H5F2NO/c1-14(2,17-7-5-15-6-8-17)13-9-11-10-16-4-3-12(11)18-13;4-3(5)1-6-2-7/h3-4,9-10,15H,5-8H2,1-2H3;2-3H,1H2,(H,6,7). The molecule has 25 heavy (non-hydrogen) atoms. The Balaban J connectivity index is 0.000000277. The quantitative estimate of drug-likeness (QED) is 0.804. The van der Waals surface area contributed by atoms with Crippen molar-refractivity contribution in [3.05, 3.63) is 30.3 Å². The van der Waals surface area contributed by atoms with Gasteiger partial charge in [0.05, 0.1) is 12.1 Å². The van der Waals surface area contributed by atoms with E-state index in [1.165, 1.54) is 0 Å². The van der Waals surface area contributed by atoms with Crippen molar-refractivity contribution in [1.29, 1.82) is 0 Å². The summed E-state index contributed by atoms with van der Waals surface area (Å²) in [5, 5.41) is 6.28. The van der Waals surface area contributed by atoms with Crippen LogP contribution >= 0.6 is 0 Å². The molecule has 0 aliphatic carbocycles. The summed E-state index contributed by atoms with van der Waals surface area (Å²) in [7, 11) is 0. The summed E-state index contributed by atoms with van der Waals surface area (Å²) in [4.78, 5) is 15.9. The Morgan fingerprint density at radius 1 is 1.44 bits per heavy atom. The number of pyridine rings is 1. The summed E-state index contributed by atoms with van der Waals surface area (Å²) in [5.41, 5.74) is 0.851. The van der Waals surface area contributed by atoms with E-state index in [1.54, 1.807) is 6.20 Å². The SMILES string of the molecule is CC(C)(c1cc2cnccc2o1)N1CCNCC1.O=CNCC(F)F. The first-order chi connectivity index (χ1) is 11.9. The fourth-order valence-corrected chi connectivity index (χ4v) is 2.70. The number of amides is 1. The van der Waals surface area contributed by atoms with Crippen molar-refractivity contribution in [2.24, 2.45) is 0 Å². The minimum atomic E-state index is -2.44. The number of furan rings is 1. The summed E-state index contributed by atoms with van der Waals surface area (Å²) < 4.78 is 28.0. The lowest BCUT2D eigenvalue weighted by atomic mass is 9.98. The molecule has 3 heterocycles. The predicted octanol–water partition coefficient (Wildman–Crippen LogP) is 1.97. The molecule has 0 unspecified atom stereocenters. The van der Waals surface area contributed by atoms with Gasteiger partial charge in [-0.3, -0.25) is 14.7 Å². The highest BCUT2D eigenvalue weighted by Crippen LogP contribution is 2.32. The molecule has 1 fully saturated rings. The third kappa shape index (κ3) is 5.20. The van der Waals surface area contributed by atoms with Gasteiger partial charge >= 0.3 is 0 Å². The Labute approximate surface area is 145 Å². The summed E-state index contributed by atoms with van der Waals surface area (Å²) in [6.07, 6.45) is 1.43. The minimum absolute atomic E-state index is 0.0683. The van der Waals surface area contributed by atoms with Crippen molar-refractivity contribution in [1.82, 2.24) is 20.5 Å². The van der Waals surface area contributed by atoms with E-state index in [2.05, 4.69) is 35.1 Å². The van der Waals surface area contributed by atoms with Crippen LogP contribution in [0.1, 0.15) is 19.6 Å². The van der Waals surface area contributed by atoms with Crippen molar-refractivity contribution >= 4 is 17.4 Å². The van der Waals surface area contributed by atoms with Crippen LogP contribution in [-0.4, -0.2) is 55.4 Å². The molecule has 2 aromatic rings. The van der Waals surface area contributed by atoms with Crippen molar-refractivity contribution in [2.75, 3.05) is 32.7 Å². The average Bonchev–Trinajstić information content (AvgIpc) is 3.06. The van der Waals surface area contributed by atoms with Gasteiger partial charge in [-0.25, -0.2) is 8.78 Å². The van der Waals surface area contributed by atoms with E-state index in [9.17, 15) is 13.6 Å². The van der Waals surface area contributed by atoms with Gasteiger partial charge in [-0.15, -0.1) is 0 Å². The molecule has 0 saturated carbocycles. The van der Waals surface area contributed by atoms with Gasteiger partial charge < -0.3 is 15.1 Å². The van der Waals surface area contributed by atoms with Gasteiger partial charge in [0.2, 0.25) is 6.41 Å². The summed E-state index contributed by atoms with van der Waals surface area (Å²) in [5.74, 6) is 1.02. The molecule has 0 spiro atoms. The first kappa shape index (κ1) is 19.3. The van der Waals surface area contributed by atoms with Crippen LogP contribution in [0.3, 0.4) is 0 Å². The number of nitrogens with zero attached hydrogens (tertiary/aromatic N) is 2.